The Hall–Kier alpha value is -1.95. The second kappa shape index (κ2) is 3.81. The third-order valence-electron chi connectivity index (χ3n) is 2.36. The highest BCUT2D eigenvalue weighted by atomic mass is 79.9. The molecule has 2 heterocycles. The summed E-state index contributed by atoms with van der Waals surface area (Å²) in [6.07, 6.45) is 1.70. The molecule has 5 nitrogen and oxygen atoms in total. The van der Waals surface area contributed by atoms with Crippen molar-refractivity contribution in [3.05, 3.63) is 41.0 Å². The zero-order valence-electron chi connectivity index (χ0n) is 8.71. The SMILES string of the molecule is Nc1cc(Br)cc(-c2nnc3cccnn23)c1. The first-order valence-electron chi connectivity index (χ1n) is 4.97. The first kappa shape index (κ1) is 10.2. The lowest BCUT2D eigenvalue weighted by molar-refractivity contribution is 0.935. The van der Waals surface area contributed by atoms with Crippen LogP contribution in [-0.2, 0) is 0 Å². The summed E-state index contributed by atoms with van der Waals surface area (Å²) in [6, 6.07) is 9.28. The topological polar surface area (TPSA) is 69.1 Å². The molecule has 1 aromatic carbocycles. The molecule has 0 amide bonds. The van der Waals surface area contributed by atoms with E-state index in [0.29, 0.717) is 17.2 Å². The molecule has 0 unspecified atom stereocenters. The Labute approximate surface area is 105 Å². The van der Waals surface area contributed by atoms with E-state index < -0.39 is 0 Å². The first-order valence-corrected chi connectivity index (χ1v) is 5.76. The maximum absolute atomic E-state index is 5.80. The minimum absolute atomic E-state index is 0.669. The number of rotatable bonds is 1. The summed E-state index contributed by atoms with van der Waals surface area (Å²) in [5, 5.41) is 12.4. The molecule has 0 bridgehead atoms. The van der Waals surface area contributed by atoms with E-state index in [0.717, 1.165) is 10.0 Å². The van der Waals surface area contributed by atoms with Gasteiger partial charge in [0.25, 0.3) is 0 Å². The van der Waals surface area contributed by atoms with Crippen molar-refractivity contribution in [1.82, 2.24) is 19.8 Å². The highest BCUT2D eigenvalue weighted by molar-refractivity contribution is 9.10. The van der Waals surface area contributed by atoms with Crippen LogP contribution >= 0.6 is 15.9 Å². The lowest BCUT2D eigenvalue weighted by atomic mass is 10.2. The van der Waals surface area contributed by atoms with Crippen LogP contribution in [0.2, 0.25) is 0 Å². The smallest absolute Gasteiger partial charge is 0.185 e. The van der Waals surface area contributed by atoms with E-state index in [1.807, 2.05) is 30.3 Å². The molecular weight excluding hydrogens is 282 g/mol. The summed E-state index contributed by atoms with van der Waals surface area (Å²) >= 11 is 3.40. The van der Waals surface area contributed by atoms with Crippen molar-refractivity contribution in [3.8, 4) is 11.4 Å². The fourth-order valence-electron chi connectivity index (χ4n) is 1.67. The van der Waals surface area contributed by atoms with Gasteiger partial charge in [0.2, 0.25) is 0 Å². The minimum Gasteiger partial charge on any atom is -0.399 e. The van der Waals surface area contributed by atoms with Gasteiger partial charge >= 0.3 is 0 Å². The number of nitrogen functional groups attached to an aromatic ring is 1. The number of nitrogens with two attached hydrogens (primary N) is 1. The van der Waals surface area contributed by atoms with Gasteiger partial charge in [0.15, 0.2) is 11.5 Å². The van der Waals surface area contributed by atoms with E-state index in [4.69, 9.17) is 5.73 Å². The van der Waals surface area contributed by atoms with Gasteiger partial charge in [0, 0.05) is 21.9 Å². The average molecular weight is 290 g/mol. The lowest BCUT2D eigenvalue weighted by Gasteiger charge is -2.01. The van der Waals surface area contributed by atoms with Crippen LogP contribution in [0.15, 0.2) is 41.0 Å². The Balaban J connectivity index is 2.27. The number of anilines is 1. The summed E-state index contributed by atoms with van der Waals surface area (Å²) in [6.45, 7) is 0. The molecule has 0 aliphatic carbocycles. The standard InChI is InChI=1S/C11H8BrN5/c12-8-4-7(5-9(13)6-8)11-16-15-10-2-1-3-14-17(10)11/h1-6H,13H2. The molecule has 3 rings (SSSR count). The molecule has 0 saturated carbocycles. The van der Waals surface area contributed by atoms with Crippen LogP contribution in [0.3, 0.4) is 0 Å². The fourth-order valence-corrected chi connectivity index (χ4v) is 2.18. The monoisotopic (exact) mass is 289 g/mol. The second-order valence-electron chi connectivity index (χ2n) is 3.59. The second-order valence-corrected chi connectivity index (χ2v) is 4.51. The Morgan fingerprint density at radius 1 is 1.18 bits per heavy atom. The van der Waals surface area contributed by atoms with Crippen LogP contribution < -0.4 is 5.73 Å². The maximum Gasteiger partial charge on any atom is 0.185 e. The third kappa shape index (κ3) is 1.76. The number of halogens is 1. The lowest BCUT2D eigenvalue weighted by Crippen LogP contribution is -1.94. The summed E-state index contributed by atoms with van der Waals surface area (Å²) in [4.78, 5) is 0. The summed E-state index contributed by atoms with van der Waals surface area (Å²) in [5.74, 6) is 0.675. The van der Waals surface area contributed by atoms with Gasteiger partial charge in [-0.05, 0) is 30.3 Å². The van der Waals surface area contributed by atoms with Gasteiger partial charge in [0.05, 0.1) is 0 Å². The van der Waals surface area contributed by atoms with Crippen molar-refractivity contribution in [2.45, 2.75) is 0 Å². The van der Waals surface area contributed by atoms with Crippen LogP contribution in [0.25, 0.3) is 17.0 Å². The molecule has 2 N–H and O–H groups in total. The average Bonchev–Trinajstić information content (AvgIpc) is 2.71. The molecule has 3 aromatic rings. The van der Waals surface area contributed by atoms with Crippen molar-refractivity contribution in [3.63, 3.8) is 0 Å². The fraction of sp³-hybridized carbons (Fsp3) is 0. The summed E-state index contributed by atoms with van der Waals surface area (Å²) in [7, 11) is 0. The highest BCUT2D eigenvalue weighted by Gasteiger charge is 2.09. The van der Waals surface area contributed by atoms with Crippen molar-refractivity contribution in [2.24, 2.45) is 0 Å². The zero-order chi connectivity index (χ0) is 11.8. The van der Waals surface area contributed by atoms with Gasteiger partial charge in [-0.15, -0.1) is 10.2 Å². The molecule has 0 saturated heterocycles. The third-order valence-corrected chi connectivity index (χ3v) is 2.81. The van der Waals surface area contributed by atoms with Crippen LogP contribution in [0, 0.1) is 0 Å². The molecule has 0 fully saturated rings. The molecule has 2 aromatic heterocycles. The van der Waals surface area contributed by atoms with Gasteiger partial charge in [-0.1, -0.05) is 15.9 Å². The van der Waals surface area contributed by atoms with Crippen LogP contribution in [-0.4, -0.2) is 19.8 Å². The molecule has 6 heteroatoms. The maximum atomic E-state index is 5.80. The van der Waals surface area contributed by atoms with Gasteiger partial charge in [-0.2, -0.15) is 9.61 Å². The van der Waals surface area contributed by atoms with E-state index in [9.17, 15) is 0 Å². The zero-order valence-corrected chi connectivity index (χ0v) is 10.3. The number of nitrogens with zero attached hydrogens (tertiary/aromatic N) is 4. The normalized spacial score (nSPS) is 10.9. The molecule has 0 atom stereocenters. The van der Waals surface area contributed by atoms with E-state index in [-0.39, 0.29) is 0 Å². The number of aromatic nitrogens is 4. The van der Waals surface area contributed by atoms with Crippen molar-refractivity contribution in [1.29, 1.82) is 0 Å². The summed E-state index contributed by atoms with van der Waals surface area (Å²) < 4.78 is 2.58. The van der Waals surface area contributed by atoms with Crippen LogP contribution in [0.1, 0.15) is 0 Å². The predicted molar refractivity (Wildman–Crippen MR) is 68.3 cm³/mol. The van der Waals surface area contributed by atoms with Crippen molar-refractivity contribution in [2.75, 3.05) is 5.73 Å². The van der Waals surface area contributed by atoms with Gasteiger partial charge < -0.3 is 5.73 Å². The van der Waals surface area contributed by atoms with E-state index in [1.165, 1.54) is 0 Å². The quantitative estimate of drug-likeness (QED) is 0.697. The summed E-state index contributed by atoms with van der Waals surface area (Å²) in [5.41, 5.74) is 8.06. The first-order chi connectivity index (χ1) is 8.24. The minimum atomic E-state index is 0.669. The van der Waals surface area contributed by atoms with Crippen LogP contribution in [0.5, 0.6) is 0 Å². The Morgan fingerprint density at radius 3 is 2.88 bits per heavy atom. The van der Waals surface area contributed by atoms with Crippen molar-refractivity contribution >= 4 is 27.3 Å². The Morgan fingerprint density at radius 2 is 2.06 bits per heavy atom. The van der Waals surface area contributed by atoms with E-state index in [1.54, 1.807) is 10.7 Å². The number of fused-ring (bicyclic) bond motifs is 1. The number of benzene rings is 1. The molecule has 0 spiro atoms. The van der Waals surface area contributed by atoms with Crippen LogP contribution in [0.4, 0.5) is 5.69 Å². The molecule has 0 radical (unpaired) electrons. The Kier molecular flexibility index (Phi) is 2.29. The molecule has 84 valence electrons. The highest BCUT2D eigenvalue weighted by Crippen LogP contribution is 2.24. The van der Waals surface area contributed by atoms with E-state index in [2.05, 4.69) is 31.2 Å². The van der Waals surface area contributed by atoms with Gasteiger partial charge in [0.1, 0.15) is 0 Å². The Bertz CT molecular complexity index is 671. The largest absolute Gasteiger partial charge is 0.399 e. The molecule has 0 aliphatic rings. The number of hydrogen-bond acceptors (Lipinski definition) is 4. The molecular formula is C11H8BrN5. The van der Waals surface area contributed by atoms with Crippen molar-refractivity contribution < 1.29 is 0 Å². The predicted octanol–water partition coefficient (Wildman–Crippen LogP) is 2.14. The van der Waals surface area contributed by atoms with Gasteiger partial charge in [-0.3, -0.25) is 0 Å². The molecule has 17 heavy (non-hydrogen) atoms. The number of hydrogen-bond donors (Lipinski definition) is 1. The van der Waals surface area contributed by atoms with E-state index >= 15 is 0 Å². The molecule has 0 aliphatic heterocycles. The van der Waals surface area contributed by atoms with Gasteiger partial charge in [-0.25, -0.2) is 0 Å².